The molecule has 2 rings (SSSR count). The first kappa shape index (κ1) is 14.3. The van der Waals surface area contributed by atoms with Crippen LogP contribution in [0.1, 0.15) is 39.5 Å². The summed E-state index contributed by atoms with van der Waals surface area (Å²) in [6.07, 6.45) is 5.48. The molecule has 1 atom stereocenters. The van der Waals surface area contributed by atoms with E-state index in [0.29, 0.717) is 6.04 Å². The second-order valence-corrected chi connectivity index (χ2v) is 6.03. The van der Waals surface area contributed by atoms with Crippen molar-refractivity contribution in [2.24, 2.45) is 11.8 Å². The molecule has 3 nitrogen and oxygen atoms in total. The Bertz CT molecular complexity index is 223. The van der Waals surface area contributed by atoms with Gasteiger partial charge in [0.05, 0.1) is 6.61 Å². The minimum Gasteiger partial charge on any atom is -0.380 e. The maximum Gasteiger partial charge on any atom is 0.0591 e. The summed E-state index contributed by atoms with van der Waals surface area (Å²) in [6.45, 7) is 11.3. The van der Waals surface area contributed by atoms with Gasteiger partial charge in [-0.25, -0.2) is 0 Å². The first-order valence-corrected chi connectivity index (χ1v) is 7.83. The lowest BCUT2D eigenvalue weighted by Crippen LogP contribution is -2.42. The zero-order valence-corrected chi connectivity index (χ0v) is 12.2. The number of ether oxygens (including phenoxy) is 1. The highest BCUT2D eigenvalue weighted by Crippen LogP contribution is 2.28. The minimum atomic E-state index is 0.647. The van der Waals surface area contributed by atoms with Gasteiger partial charge in [0.25, 0.3) is 0 Å². The third-order valence-electron chi connectivity index (χ3n) is 4.55. The van der Waals surface area contributed by atoms with Crippen LogP contribution in [0.5, 0.6) is 0 Å². The second-order valence-electron chi connectivity index (χ2n) is 6.03. The van der Waals surface area contributed by atoms with Crippen LogP contribution in [-0.4, -0.2) is 50.3 Å². The Labute approximate surface area is 112 Å². The van der Waals surface area contributed by atoms with Crippen molar-refractivity contribution in [1.29, 1.82) is 0 Å². The number of nitrogens with zero attached hydrogens (tertiary/aromatic N) is 1. The molecule has 2 fully saturated rings. The maximum atomic E-state index is 5.66. The number of hydrogen-bond donors (Lipinski definition) is 1. The highest BCUT2D eigenvalue weighted by Gasteiger charge is 2.23. The molecule has 2 aliphatic rings. The van der Waals surface area contributed by atoms with E-state index in [1.54, 1.807) is 0 Å². The van der Waals surface area contributed by atoms with Crippen LogP contribution >= 0.6 is 0 Å². The molecule has 3 heteroatoms. The predicted octanol–water partition coefficient (Wildman–Crippen LogP) is 2.12. The van der Waals surface area contributed by atoms with Crippen molar-refractivity contribution in [3.63, 3.8) is 0 Å². The summed E-state index contributed by atoms with van der Waals surface area (Å²) in [7, 11) is 0. The Morgan fingerprint density at radius 2 is 1.94 bits per heavy atom. The standard InChI is InChI=1S/C15H30N2O/c1-3-17-9-6-15(7-10-17)13(2)16-8-11-18-12-14-4-5-14/h13-16H,3-12H2,1-2H3. The summed E-state index contributed by atoms with van der Waals surface area (Å²) < 4.78 is 5.66. The maximum absolute atomic E-state index is 5.66. The molecule has 0 aromatic rings. The van der Waals surface area contributed by atoms with Gasteiger partial charge in [0.2, 0.25) is 0 Å². The summed E-state index contributed by atoms with van der Waals surface area (Å²) in [5.74, 6) is 1.75. The van der Waals surface area contributed by atoms with Crippen LogP contribution in [-0.2, 0) is 4.74 Å². The molecule has 106 valence electrons. The molecule has 1 heterocycles. The number of rotatable bonds is 8. The third kappa shape index (κ3) is 4.87. The zero-order valence-electron chi connectivity index (χ0n) is 12.2. The fourth-order valence-electron chi connectivity index (χ4n) is 2.83. The normalized spacial score (nSPS) is 24.3. The summed E-state index contributed by atoms with van der Waals surface area (Å²) in [5.41, 5.74) is 0. The molecular weight excluding hydrogens is 224 g/mol. The van der Waals surface area contributed by atoms with Crippen LogP contribution in [0.3, 0.4) is 0 Å². The van der Waals surface area contributed by atoms with Crippen molar-refractivity contribution >= 4 is 0 Å². The van der Waals surface area contributed by atoms with Crippen molar-refractivity contribution in [3.05, 3.63) is 0 Å². The molecule has 1 saturated heterocycles. The molecular formula is C15H30N2O. The largest absolute Gasteiger partial charge is 0.380 e. The van der Waals surface area contributed by atoms with E-state index in [1.807, 2.05) is 0 Å². The van der Waals surface area contributed by atoms with Gasteiger partial charge in [-0.1, -0.05) is 6.92 Å². The topological polar surface area (TPSA) is 24.5 Å². The molecule has 0 radical (unpaired) electrons. The van der Waals surface area contributed by atoms with Gasteiger partial charge < -0.3 is 15.0 Å². The van der Waals surface area contributed by atoms with E-state index in [2.05, 4.69) is 24.1 Å². The summed E-state index contributed by atoms with van der Waals surface area (Å²) in [5, 5.41) is 3.64. The van der Waals surface area contributed by atoms with E-state index in [1.165, 1.54) is 45.3 Å². The lowest BCUT2D eigenvalue weighted by atomic mass is 9.90. The van der Waals surface area contributed by atoms with Crippen LogP contribution in [0.4, 0.5) is 0 Å². The monoisotopic (exact) mass is 254 g/mol. The Morgan fingerprint density at radius 3 is 2.56 bits per heavy atom. The van der Waals surface area contributed by atoms with Crippen LogP contribution in [0.2, 0.25) is 0 Å². The van der Waals surface area contributed by atoms with Crippen LogP contribution < -0.4 is 5.32 Å². The van der Waals surface area contributed by atoms with E-state index in [4.69, 9.17) is 4.74 Å². The predicted molar refractivity (Wildman–Crippen MR) is 75.8 cm³/mol. The zero-order chi connectivity index (χ0) is 12.8. The number of hydrogen-bond acceptors (Lipinski definition) is 3. The van der Waals surface area contributed by atoms with E-state index < -0.39 is 0 Å². The lowest BCUT2D eigenvalue weighted by molar-refractivity contribution is 0.117. The Hall–Kier alpha value is -0.120. The molecule has 1 aliphatic carbocycles. The molecule has 1 aliphatic heterocycles. The van der Waals surface area contributed by atoms with Crippen molar-refractivity contribution < 1.29 is 4.74 Å². The van der Waals surface area contributed by atoms with Gasteiger partial charge in [0.15, 0.2) is 0 Å². The van der Waals surface area contributed by atoms with E-state index in [9.17, 15) is 0 Å². The molecule has 18 heavy (non-hydrogen) atoms. The number of nitrogens with one attached hydrogen (secondary N) is 1. The molecule has 0 aromatic carbocycles. The van der Waals surface area contributed by atoms with Gasteiger partial charge in [-0.05, 0) is 64.1 Å². The Kier molecular flexibility index (Phi) is 5.93. The average Bonchev–Trinajstić information content (AvgIpc) is 3.22. The van der Waals surface area contributed by atoms with Crippen molar-refractivity contribution in [1.82, 2.24) is 10.2 Å². The highest BCUT2D eigenvalue weighted by atomic mass is 16.5. The third-order valence-corrected chi connectivity index (χ3v) is 4.55. The highest BCUT2D eigenvalue weighted by molar-refractivity contribution is 4.79. The number of piperidine rings is 1. The molecule has 0 aromatic heterocycles. The SMILES string of the molecule is CCN1CCC(C(C)NCCOCC2CC2)CC1. The average molecular weight is 254 g/mol. The first-order chi connectivity index (χ1) is 8.79. The van der Waals surface area contributed by atoms with Crippen LogP contribution in [0.25, 0.3) is 0 Å². The fourth-order valence-corrected chi connectivity index (χ4v) is 2.83. The van der Waals surface area contributed by atoms with Crippen LogP contribution in [0, 0.1) is 11.8 Å². The van der Waals surface area contributed by atoms with Crippen molar-refractivity contribution in [2.45, 2.75) is 45.6 Å². The molecule has 0 bridgehead atoms. The lowest BCUT2D eigenvalue weighted by Gasteiger charge is -2.34. The van der Waals surface area contributed by atoms with Crippen LogP contribution in [0.15, 0.2) is 0 Å². The second kappa shape index (κ2) is 7.46. The van der Waals surface area contributed by atoms with E-state index >= 15 is 0 Å². The van der Waals surface area contributed by atoms with Gasteiger partial charge in [-0.2, -0.15) is 0 Å². The number of likely N-dealkylation sites (tertiary alicyclic amines) is 1. The van der Waals surface area contributed by atoms with Gasteiger partial charge in [0, 0.05) is 19.2 Å². The molecule has 1 N–H and O–H groups in total. The minimum absolute atomic E-state index is 0.647. The van der Waals surface area contributed by atoms with E-state index in [-0.39, 0.29) is 0 Å². The van der Waals surface area contributed by atoms with E-state index in [0.717, 1.165) is 31.6 Å². The van der Waals surface area contributed by atoms with Crippen molar-refractivity contribution in [3.8, 4) is 0 Å². The molecule has 0 spiro atoms. The quantitative estimate of drug-likeness (QED) is 0.672. The molecule has 0 amide bonds. The van der Waals surface area contributed by atoms with Gasteiger partial charge in [-0.15, -0.1) is 0 Å². The fraction of sp³-hybridized carbons (Fsp3) is 1.00. The van der Waals surface area contributed by atoms with Crippen molar-refractivity contribution in [2.75, 3.05) is 39.4 Å². The first-order valence-electron chi connectivity index (χ1n) is 7.83. The molecule has 1 saturated carbocycles. The Morgan fingerprint density at radius 1 is 1.22 bits per heavy atom. The summed E-state index contributed by atoms with van der Waals surface area (Å²) in [6, 6.07) is 0.647. The Balaban J connectivity index is 1.49. The van der Waals surface area contributed by atoms with Gasteiger partial charge >= 0.3 is 0 Å². The smallest absolute Gasteiger partial charge is 0.0591 e. The van der Waals surface area contributed by atoms with Gasteiger partial charge in [-0.3, -0.25) is 0 Å². The summed E-state index contributed by atoms with van der Waals surface area (Å²) >= 11 is 0. The molecule has 1 unspecified atom stereocenters. The van der Waals surface area contributed by atoms with Gasteiger partial charge in [0.1, 0.15) is 0 Å². The summed E-state index contributed by atoms with van der Waals surface area (Å²) in [4.78, 5) is 2.56.